The molecule has 7 nitrogen and oxygen atoms in total. The average molecular weight is 493 g/mol. The molecule has 2 rings (SSSR count). The van der Waals surface area contributed by atoms with Crippen LogP contribution in [-0.4, -0.2) is 52.4 Å². The Labute approximate surface area is 176 Å². The van der Waals surface area contributed by atoms with E-state index in [0.29, 0.717) is 24.7 Å². The largest absolute Gasteiger partial charge is 0.492 e. The summed E-state index contributed by atoms with van der Waals surface area (Å²) in [6.07, 6.45) is 1.72. The van der Waals surface area contributed by atoms with Crippen LogP contribution in [0.3, 0.4) is 0 Å². The van der Waals surface area contributed by atoms with Gasteiger partial charge in [0.2, 0.25) is 0 Å². The number of hydrogen-bond donors (Lipinski definition) is 1. The van der Waals surface area contributed by atoms with Crippen molar-refractivity contribution in [1.29, 1.82) is 0 Å². The predicted octanol–water partition coefficient (Wildman–Crippen LogP) is 3.05. The third kappa shape index (κ3) is 6.99. The van der Waals surface area contributed by atoms with Crippen LogP contribution >= 0.6 is 35.6 Å². The molecule has 0 fully saturated rings. The maximum Gasteiger partial charge on any atom is 0.194 e. The SMILES string of the molecule is CCNC(=NCc1nncn1CC)N(C)CCOc1ccc(Cl)cc1.I. The fourth-order valence-electron chi connectivity index (χ4n) is 2.22. The van der Waals surface area contributed by atoms with E-state index in [9.17, 15) is 0 Å². The van der Waals surface area contributed by atoms with E-state index in [0.717, 1.165) is 30.6 Å². The number of nitrogens with one attached hydrogen (secondary N) is 1. The molecule has 0 saturated carbocycles. The normalized spacial score (nSPS) is 11.0. The molecule has 0 bridgehead atoms. The van der Waals surface area contributed by atoms with Gasteiger partial charge in [-0.1, -0.05) is 11.6 Å². The highest BCUT2D eigenvalue weighted by atomic mass is 127. The van der Waals surface area contributed by atoms with Crippen LogP contribution in [0.5, 0.6) is 5.75 Å². The van der Waals surface area contributed by atoms with Gasteiger partial charge in [0.05, 0.1) is 6.54 Å². The number of halogens is 2. The first-order chi connectivity index (χ1) is 12.1. The lowest BCUT2D eigenvalue weighted by Gasteiger charge is -2.22. The van der Waals surface area contributed by atoms with E-state index in [1.165, 1.54) is 0 Å². The molecule has 2 aromatic rings. The Bertz CT molecular complexity index is 676. The Balaban J connectivity index is 0.00000338. The molecule has 0 aliphatic heterocycles. The number of benzene rings is 1. The van der Waals surface area contributed by atoms with E-state index in [4.69, 9.17) is 16.3 Å². The first kappa shape index (κ1) is 22.5. The van der Waals surface area contributed by atoms with Gasteiger partial charge in [-0.2, -0.15) is 0 Å². The van der Waals surface area contributed by atoms with Crippen LogP contribution in [0, 0.1) is 0 Å². The second-order valence-electron chi connectivity index (χ2n) is 5.43. The minimum Gasteiger partial charge on any atom is -0.492 e. The molecule has 1 aromatic heterocycles. The van der Waals surface area contributed by atoms with Gasteiger partial charge in [-0.25, -0.2) is 4.99 Å². The fraction of sp³-hybridized carbons (Fsp3) is 0.471. The zero-order valence-corrected chi connectivity index (χ0v) is 18.4. The first-order valence-electron chi connectivity index (χ1n) is 8.38. The summed E-state index contributed by atoms with van der Waals surface area (Å²) in [6, 6.07) is 7.35. The summed E-state index contributed by atoms with van der Waals surface area (Å²) in [7, 11) is 1.98. The average Bonchev–Trinajstić information content (AvgIpc) is 3.07. The van der Waals surface area contributed by atoms with Crippen molar-refractivity contribution in [2.45, 2.75) is 26.9 Å². The summed E-state index contributed by atoms with van der Waals surface area (Å²) in [5, 5.41) is 12.0. The molecule has 26 heavy (non-hydrogen) atoms. The van der Waals surface area contributed by atoms with Crippen molar-refractivity contribution in [1.82, 2.24) is 25.0 Å². The molecule has 0 saturated heterocycles. The number of aryl methyl sites for hydroxylation is 1. The first-order valence-corrected chi connectivity index (χ1v) is 8.76. The van der Waals surface area contributed by atoms with Crippen LogP contribution in [0.1, 0.15) is 19.7 Å². The van der Waals surface area contributed by atoms with Gasteiger partial charge in [0.15, 0.2) is 11.8 Å². The monoisotopic (exact) mass is 492 g/mol. The highest BCUT2D eigenvalue weighted by Gasteiger charge is 2.08. The summed E-state index contributed by atoms with van der Waals surface area (Å²) in [5.74, 6) is 2.47. The molecule has 0 unspecified atom stereocenters. The maximum atomic E-state index is 5.87. The second-order valence-corrected chi connectivity index (χ2v) is 5.86. The summed E-state index contributed by atoms with van der Waals surface area (Å²) >= 11 is 5.87. The zero-order chi connectivity index (χ0) is 18.1. The van der Waals surface area contributed by atoms with Crippen molar-refractivity contribution >= 4 is 41.5 Å². The Hall–Kier alpha value is -1.55. The van der Waals surface area contributed by atoms with Crippen molar-refractivity contribution in [3.05, 3.63) is 41.4 Å². The van der Waals surface area contributed by atoms with Gasteiger partial charge >= 0.3 is 0 Å². The van der Waals surface area contributed by atoms with Gasteiger partial charge in [0.25, 0.3) is 0 Å². The van der Waals surface area contributed by atoms with Crippen LogP contribution in [0.2, 0.25) is 5.02 Å². The quantitative estimate of drug-likeness (QED) is 0.349. The zero-order valence-electron chi connectivity index (χ0n) is 15.4. The fourth-order valence-corrected chi connectivity index (χ4v) is 2.34. The van der Waals surface area contributed by atoms with E-state index >= 15 is 0 Å². The Morgan fingerprint density at radius 3 is 2.69 bits per heavy atom. The number of guanidine groups is 1. The van der Waals surface area contributed by atoms with Crippen molar-refractivity contribution in [2.75, 3.05) is 26.7 Å². The molecule has 144 valence electrons. The number of aromatic nitrogens is 3. The lowest BCUT2D eigenvalue weighted by molar-refractivity contribution is 0.281. The van der Waals surface area contributed by atoms with Gasteiger partial charge in [-0.15, -0.1) is 34.2 Å². The second kappa shape index (κ2) is 11.9. The Morgan fingerprint density at radius 1 is 1.31 bits per heavy atom. The highest BCUT2D eigenvalue weighted by Crippen LogP contribution is 2.15. The standard InChI is InChI=1S/C17H25ClN6O.HI/c1-4-19-17(20-12-16-22-21-13-24(16)5-2)23(3)10-11-25-15-8-6-14(18)7-9-15;/h6-9,13H,4-5,10-12H2,1-3H3,(H,19,20);1H. The summed E-state index contributed by atoms with van der Waals surface area (Å²) in [6.45, 7) is 7.46. The Morgan fingerprint density at radius 2 is 2.04 bits per heavy atom. The minimum atomic E-state index is 0. The summed E-state index contributed by atoms with van der Waals surface area (Å²) in [4.78, 5) is 6.67. The molecule has 1 aromatic carbocycles. The van der Waals surface area contributed by atoms with E-state index in [1.807, 2.05) is 47.7 Å². The summed E-state index contributed by atoms with van der Waals surface area (Å²) < 4.78 is 7.72. The van der Waals surface area contributed by atoms with Crippen LogP contribution in [0.4, 0.5) is 0 Å². The third-order valence-corrected chi connectivity index (χ3v) is 3.86. The Kier molecular flexibility index (Phi) is 10.3. The summed E-state index contributed by atoms with van der Waals surface area (Å²) in [5.41, 5.74) is 0. The smallest absolute Gasteiger partial charge is 0.194 e. The van der Waals surface area contributed by atoms with Crippen molar-refractivity contribution in [3.8, 4) is 5.75 Å². The van der Waals surface area contributed by atoms with Crippen molar-refractivity contribution in [2.24, 2.45) is 4.99 Å². The van der Waals surface area contributed by atoms with Crippen LogP contribution < -0.4 is 10.1 Å². The van der Waals surface area contributed by atoms with E-state index in [-0.39, 0.29) is 24.0 Å². The maximum absolute atomic E-state index is 5.87. The topological polar surface area (TPSA) is 67.6 Å². The van der Waals surface area contributed by atoms with Crippen molar-refractivity contribution in [3.63, 3.8) is 0 Å². The molecule has 0 amide bonds. The van der Waals surface area contributed by atoms with Gasteiger partial charge in [0.1, 0.15) is 25.2 Å². The molecule has 9 heteroatoms. The molecule has 0 aliphatic rings. The number of aliphatic imine (C=N–C) groups is 1. The van der Waals surface area contributed by atoms with Gasteiger partial charge in [0, 0.05) is 25.2 Å². The molecule has 0 aliphatic carbocycles. The van der Waals surface area contributed by atoms with Crippen molar-refractivity contribution < 1.29 is 4.74 Å². The van der Waals surface area contributed by atoms with Gasteiger partial charge in [-0.3, -0.25) is 0 Å². The molecule has 0 radical (unpaired) electrons. The van der Waals surface area contributed by atoms with Crippen LogP contribution in [-0.2, 0) is 13.1 Å². The van der Waals surface area contributed by atoms with E-state index < -0.39 is 0 Å². The van der Waals surface area contributed by atoms with E-state index in [2.05, 4.69) is 27.4 Å². The molecule has 0 atom stereocenters. The van der Waals surface area contributed by atoms with Crippen LogP contribution in [0.25, 0.3) is 0 Å². The molecule has 1 N–H and O–H groups in total. The molecular formula is C17H26ClIN6O. The number of nitrogens with zero attached hydrogens (tertiary/aromatic N) is 5. The lowest BCUT2D eigenvalue weighted by Crippen LogP contribution is -2.40. The minimum absolute atomic E-state index is 0. The number of rotatable bonds is 8. The van der Waals surface area contributed by atoms with Gasteiger partial charge < -0.3 is 19.5 Å². The predicted molar refractivity (Wildman–Crippen MR) is 116 cm³/mol. The van der Waals surface area contributed by atoms with E-state index in [1.54, 1.807) is 6.33 Å². The molecule has 0 spiro atoms. The molecule has 1 heterocycles. The highest BCUT2D eigenvalue weighted by molar-refractivity contribution is 14.0. The van der Waals surface area contributed by atoms with Crippen LogP contribution in [0.15, 0.2) is 35.6 Å². The molecular weight excluding hydrogens is 467 g/mol. The number of likely N-dealkylation sites (N-methyl/N-ethyl adjacent to an activating group) is 1. The lowest BCUT2D eigenvalue weighted by atomic mass is 10.3. The van der Waals surface area contributed by atoms with Gasteiger partial charge in [-0.05, 0) is 38.1 Å². The number of hydrogen-bond acceptors (Lipinski definition) is 4. The number of ether oxygens (including phenoxy) is 1. The third-order valence-electron chi connectivity index (χ3n) is 3.61.